The highest BCUT2D eigenvalue weighted by Crippen LogP contribution is 2.28. The summed E-state index contributed by atoms with van der Waals surface area (Å²) in [5.41, 5.74) is 1.38. The van der Waals surface area contributed by atoms with Gasteiger partial charge in [-0.3, -0.25) is 4.99 Å². The van der Waals surface area contributed by atoms with Crippen LogP contribution in [0.25, 0.3) is 0 Å². The summed E-state index contributed by atoms with van der Waals surface area (Å²) < 4.78 is 0. The number of thioether (sulfide) groups is 1. The minimum absolute atomic E-state index is 0.159. The van der Waals surface area contributed by atoms with Gasteiger partial charge in [-0.15, -0.1) is 0 Å². The number of amidine groups is 1. The Morgan fingerprint density at radius 1 is 1.22 bits per heavy atom. The predicted octanol–water partition coefficient (Wildman–Crippen LogP) is 3.92. The van der Waals surface area contributed by atoms with Gasteiger partial charge in [-0.25, -0.2) is 9.69 Å². The molecule has 3 rings (SSSR count). The van der Waals surface area contributed by atoms with Gasteiger partial charge in [0.05, 0.1) is 12.2 Å². The number of hydrogen-bond acceptors (Lipinski definition) is 4. The molecule has 2 amide bonds. The first-order chi connectivity index (χ1) is 11.1. The van der Waals surface area contributed by atoms with Gasteiger partial charge in [0, 0.05) is 10.9 Å². The van der Waals surface area contributed by atoms with Crippen LogP contribution in [0.1, 0.15) is 6.92 Å². The second-order valence-corrected chi connectivity index (χ2v) is 6.61. The average molecular weight is 327 g/mol. The summed E-state index contributed by atoms with van der Waals surface area (Å²) in [4.78, 5) is 18.8. The molecule has 6 heteroatoms. The summed E-state index contributed by atoms with van der Waals surface area (Å²) in [6.07, 6.45) is 0. The van der Waals surface area contributed by atoms with E-state index in [0.717, 1.165) is 5.69 Å². The molecule has 0 saturated carbocycles. The van der Waals surface area contributed by atoms with Gasteiger partial charge in [0.25, 0.3) is 0 Å². The summed E-state index contributed by atoms with van der Waals surface area (Å²) in [7, 11) is 0. The molecule has 0 bridgehead atoms. The minimum atomic E-state index is -0.276. The Labute approximate surface area is 139 Å². The van der Waals surface area contributed by atoms with Gasteiger partial charge in [-0.1, -0.05) is 36.9 Å². The molecule has 2 aromatic rings. The summed E-state index contributed by atoms with van der Waals surface area (Å²) in [6, 6.07) is 15.5. The van der Waals surface area contributed by atoms with Crippen LogP contribution in [0.15, 0.2) is 59.6 Å². The second kappa shape index (κ2) is 6.75. The van der Waals surface area contributed by atoms with Crippen LogP contribution < -0.4 is 10.2 Å². The number of hydrogen-bond donors (Lipinski definition) is 2. The lowest BCUT2D eigenvalue weighted by Crippen LogP contribution is -2.38. The quantitative estimate of drug-likeness (QED) is 0.878. The predicted molar refractivity (Wildman–Crippen MR) is 95.4 cm³/mol. The molecular weight excluding hydrogens is 310 g/mol. The Kier molecular flexibility index (Phi) is 4.52. The number of para-hydroxylation sites is 1. The minimum Gasteiger partial charge on any atom is -0.508 e. The normalized spacial score (nSPS) is 16.7. The number of phenols is 1. The van der Waals surface area contributed by atoms with Crippen molar-refractivity contribution < 1.29 is 9.90 Å². The number of anilines is 2. The lowest BCUT2D eigenvalue weighted by Gasteiger charge is -2.22. The monoisotopic (exact) mass is 327 g/mol. The van der Waals surface area contributed by atoms with Crippen molar-refractivity contribution in [2.24, 2.45) is 4.99 Å². The van der Waals surface area contributed by atoms with Crippen molar-refractivity contribution >= 4 is 34.3 Å². The number of carbonyl (C=O) groups excluding carboxylic acids is 1. The third-order valence-corrected chi connectivity index (χ3v) is 4.39. The van der Waals surface area contributed by atoms with Crippen LogP contribution in [0.2, 0.25) is 0 Å². The maximum atomic E-state index is 12.7. The number of amides is 2. The highest BCUT2D eigenvalue weighted by atomic mass is 32.2. The molecule has 2 N–H and O–H groups in total. The van der Waals surface area contributed by atoms with E-state index in [9.17, 15) is 9.90 Å². The first-order valence-electron chi connectivity index (χ1n) is 7.30. The van der Waals surface area contributed by atoms with Crippen molar-refractivity contribution in [2.45, 2.75) is 12.2 Å². The van der Waals surface area contributed by atoms with E-state index in [1.807, 2.05) is 30.3 Å². The van der Waals surface area contributed by atoms with Crippen molar-refractivity contribution in [1.29, 1.82) is 0 Å². The number of urea groups is 1. The molecule has 0 saturated heterocycles. The maximum absolute atomic E-state index is 12.7. The third kappa shape index (κ3) is 3.65. The lowest BCUT2D eigenvalue weighted by molar-refractivity contribution is 0.259. The number of phenolic OH excluding ortho intramolecular Hbond substituents is 1. The molecule has 0 unspecified atom stereocenters. The van der Waals surface area contributed by atoms with E-state index in [1.54, 1.807) is 40.9 Å². The first kappa shape index (κ1) is 15.4. The standard InChI is InChI=1S/C17H17N3O2S/c1-12-11-18-17(23-12)20(14-7-9-15(21)10-8-14)16(22)19-13-5-3-2-4-6-13/h2-10,12,21H,11H2,1H3,(H,19,22)/t12-/m0/s1. The van der Waals surface area contributed by atoms with E-state index >= 15 is 0 Å². The van der Waals surface area contributed by atoms with Gasteiger partial charge in [0.15, 0.2) is 5.17 Å². The second-order valence-electron chi connectivity index (χ2n) is 5.20. The molecule has 1 aliphatic heterocycles. The van der Waals surface area contributed by atoms with Gasteiger partial charge < -0.3 is 10.4 Å². The Hall–Kier alpha value is -2.47. The SMILES string of the molecule is C[C@H]1CN=C(N(C(=O)Nc2ccccc2)c2ccc(O)cc2)S1. The van der Waals surface area contributed by atoms with Crippen LogP contribution in [-0.2, 0) is 0 Å². The van der Waals surface area contributed by atoms with Crippen LogP contribution in [0.5, 0.6) is 5.75 Å². The molecule has 5 nitrogen and oxygen atoms in total. The maximum Gasteiger partial charge on any atom is 0.332 e. The molecule has 118 valence electrons. The zero-order valence-corrected chi connectivity index (χ0v) is 13.5. The number of benzene rings is 2. The molecule has 1 aliphatic rings. The zero-order chi connectivity index (χ0) is 16.2. The molecule has 0 radical (unpaired) electrons. The van der Waals surface area contributed by atoms with Crippen molar-refractivity contribution in [3.63, 3.8) is 0 Å². The van der Waals surface area contributed by atoms with Crippen molar-refractivity contribution in [2.75, 3.05) is 16.8 Å². The van der Waals surface area contributed by atoms with Crippen LogP contribution in [0.4, 0.5) is 16.2 Å². The molecule has 0 aromatic heterocycles. The number of nitrogens with one attached hydrogen (secondary N) is 1. The highest BCUT2D eigenvalue weighted by Gasteiger charge is 2.27. The van der Waals surface area contributed by atoms with E-state index in [2.05, 4.69) is 17.2 Å². The number of rotatable bonds is 2. The largest absolute Gasteiger partial charge is 0.508 e. The van der Waals surface area contributed by atoms with E-state index < -0.39 is 0 Å². The summed E-state index contributed by atoms with van der Waals surface area (Å²) in [5.74, 6) is 0.159. The Balaban J connectivity index is 1.88. The van der Waals surface area contributed by atoms with E-state index in [0.29, 0.717) is 22.6 Å². The topological polar surface area (TPSA) is 64.9 Å². The summed E-state index contributed by atoms with van der Waals surface area (Å²) in [5, 5.41) is 13.3. The van der Waals surface area contributed by atoms with Gasteiger partial charge >= 0.3 is 6.03 Å². The number of nitrogens with zero attached hydrogens (tertiary/aromatic N) is 2. The fraction of sp³-hybridized carbons (Fsp3) is 0.176. The number of aliphatic imine (C=N–C) groups is 1. The molecule has 0 fully saturated rings. The smallest absolute Gasteiger partial charge is 0.332 e. The van der Waals surface area contributed by atoms with Gasteiger partial charge in [-0.2, -0.15) is 0 Å². The molecule has 0 spiro atoms. The Bertz CT molecular complexity index is 716. The highest BCUT2D eigenvalue weighted by molar-refractivity contribution is 8.15. The molecule has 1 heterocycles. The fourth-order valence-corrected chi connectivity index (χ4v) is 3.15. The molecule has 0 aliphatic carbocycles. The summed E-state index contributed by atoms with van der Waals surface area (Å²) >= 11 is 1.56. The van der Waals surface area contributed by atoms with Gasteiger partial charge in [0.2, 0.25) is 0 Å². The molecular formula is C17H17N3O2S. The molecule has 23 heavy (non-hydrogen) atoms. The van der Waals surface area contributed by atoms with Crippen molar-refractivity contribution in [1.82, 2.24) is 0 Å². The van der Waals surface area contributed by atoms with Crippen LogP contribution in [0.3, 0.4) is 0 Å². The lowest BCUT2D eigenvalue weighted by atomic mass is 10.3. The zero-order valence-electron chi connectivity index (χ0n) is 12.6. The fourth-order valence-electron chi connectivity index (χ4n) is 2.20. The average Bonchev–Trinajstić information content (AvgIpc) is 2.96. The Morgan fingerprint density at radius 3 is 2.52 bits per heavy atom. The van der Waals surface area contributed by atoms with Crippen LogP contribution in [0, 0.1) is 0 Å². The van der Waals surface area contributed by atoms with Crippen LogP contribution >= 0.6 is 11.8 Å². The van der Waals surface area contributed by atoms with Crippen molar-refractivity contribution in [3.05, 3.63) is 54.6 Å². The van der Waals surface area contributed by atoms with Gasteiger partial charge in [0.1, 0.15) is 5.75 Å². The third-order valence-electron chi connectivity index (χ3n) is 3.32. The van der Waals surface area contributed by atoms with Gasteiger partial charge in [-0.05, 0) is 36.4 Å². The number of carbonyl (C=O) groups is 1. The van der Waals surface area contributed by atoms with E-state index in [-0.39, 0.29) is 11.8 Å². The molecule has 2 aromatic carbocycles. The van der Waals surface area contributed by atoms with E-state index in [1.165, 1.54) is 0 Å². The summed E-state index contributed by atoms with van der Waals surface area (Å²) in [6.45, 7) is 2.76. The van der Waals surface area contributed by atoms with Crippen LogP contribution in [-0.4, -0.2) is 28.1 Å². The molecule has 1 atom stereocenters. The van der Waals surface area contributed by atoms with E-state index in [4.69, 9.17) is 0 Å². The Morgan fingerprint density at radius 2 is 1.91 bits per heavy atom. The first-order valence-corrected chi connectivity index (χ1v) is 8.18. The van der Waals surface area contributed by atoms with Crippen molar-refractivity contribution in [3.8, 4) is 5.75 Å². The number of aromatic hydroxyl groups is 1.